The van der Waals surface area contributed by atoms with Crippen LogP contribution in [0, 0.1) is 11.3 Å². The molecule has 4 nitrogen and oxygen atoms in total. The van der Waals surface area contributed by atoms with E-state index >= 15 is 0 Å². The van der Waals surface area contributed by atoms with E-state index in [1.807, 2.05) is 30.3 Å². The third-order valence-electron chi connectivity index (χ3n) is 2.40. The Bertz CT molecular complexity index is 525. The van der Waals surface area contributed by atoms with Gasteiger partial charge >= 0.3 is 0 Å². The molecule has 106 valence electrons. The van der Waals surface area contributed by atoms with E-state index in [0.717, 1.165) is 10.0 Å². The van der Waals surface area contributed by atoms with Crippen molar-refractivity contribution in [2.75, 3.05) is 12.4 Å². The van der Waals surface area contributed by atoms with Crippen molar-refractivity contribution < 1.29 is 4.79 Å². The molecule has 6 heteroatoms. The lowest BCUT2D eigenvalue weighted by Crippen LogP contribution is -2.26. The van der Waals surface area contributed by atoms with Crippen molar-refractivity contribution in [3.05, 3.63) is 46.1 Å². The lowest BCUT2D eigenvalue weighted by atomic mass is 10.2. The topological polar surface area (TPSA) is 64.9 Å². The molecule has 1 aromatic carbocycles. The highest BCUT2D eigenvalue weighted by Gasteiger charge is 2.07. The number of hydrogen-bond acceptors (Lipinski definition) is 3. The van der Waals surface area contributed by atoms with Crippen molar-refractivity contribution in [3.8, 4) is 6.07 Å². The first-order valence-electron chi connectivity index (χ1n) is 6.09. The van der Waals surface area contributed by atoms with Crippen LogP contribution < -0.4 is 10.6 Å². The van der Waals surface area contributed by atoms with E-state index in [0.29, 0.717) is 25.4 Å². The number of halogens is 2. The van der Waals surface area contributed by atoms with E-state index in [1.165, 1.54) is 6.20 Å². The van der Waals surface area contributed by atoms with Gasteiger partial charge < -0.3 is 10.6 Å². The predicted molar refractivity (Wildman–Crippen MR) is 83.0 cm³/mol. The maximum atomic E-state index is 11.7. The Morgan fingerprint density at radius 3 is 2.95 bits per heavy atom. The second kappa shape index (κ2) is 9.40. The highest BCUT2D eigenvalue weighted by atomic mass is 79.9. The van der Waals surface area contributed by atoms with Crippen LogP contribution in [0.15, 0.2) is 40.5 Å². The Hall–Kier alpha value is -1.51. The highest BCUT2D eigenvalue weighted by molar-refractivity contribution is 9.10. The molecule has 0 saturated carbocycles. The fraction of sp³-hybridized carbons (Fsp3) is 0.286. The predicted octanol–water partition coefficient (Wildman–Crippen LogP) is 2.69. The number of hydrogen-bond donors (Lipinski definition) is 2. The van der Waals surface area contributed by atoms with Gasteiger partial charge in [-0.2, -0.15) is 5.26 Å². The number of alkyl halides is 1. The molecule has 0 fully saturated rings. The Labute approximate surface area is 131 Å². The van der Waals surface area contributed by atoms with Crippen LogP contribution in [0.25, 0.3) is 0 Å². The summed E-state index contributed by atoms with van der Waals surface area (Å²) in [6.07, 6.45) is 2.11. The average molecular weight is 357 g/mol. The van der Waals surface area contributed by atoms with E-state index in [-0.39, 0.29) is 11.5 Å². The smallest absolute Gasteiger partial charge is 0.263 e. The number of carbonyl (C=O) groups is 1. The fourth-order valence-electron chi connectivity index (χ4n) is 1.43. The molecule has 20 heavy (non-hydrogen) atoms. The summed E-state index contributed by atoms with van der Waals surface area (Å²) in [6, 6.07) is 9.65. The number of rotatable bonds is 7. The molecule has 0 saturated heterocycles. The number of nitriles is 1. The highest BCUT2D eigenvalue weighted by Crippen LogP contribution is 2.11. The van der Waals surface area contributed by atoms with Gasteiger partial charge in [0.05, 0.1) is 0 Å². The molecule has 0 aliphatic heterocycles. The van der Waals surface area contributed by atoms with Gasteiger partial charge in [-0.1, -0.05) is 28.1 Å². The SMILES string of the molecule is N#C/C(=C/NCc1cccc(Br)c1)C(=O)NCCCCl. The first-order chi connectivity index (χ1) is 9.67. The normalized spacial score (nSPS) is 10.8. The van der Waals surface area contributed by atoms with Crippen molar-refractivity contribution in [3.63, 3.8) is 0 Å². The summed E-state index contributed by atoms with van der Waals surface area (Å²) in [5.74, 6) is 0.0897. The Morgan fingerprint density at radius 2 is 2.30 bits per heavy atom. The van der Waals surface area contributed by atoms with Crippen molar-refractivity contribution in [2.24, 2.45) is 0 Å². The molecule has 2 N–H and O–H groups in total. The monoisotopic (exact) mass is 355 g/mol. The largest absolute Gasteiger partial charge is 0.386 e. The lowest BCUT2D eigenvalue weighted by Gasteiger charge is -2.04. The molecule has 0 radical (unpaired) electrons. The van der Waals surface area contributed by atoms with Crippen LogP contribution in [0.3, 0.4) is 0 Å². The number of nitrogens with one attached hydrogen (secondary N) is 2. The van der Waals surface area contributed by atoms with Crippen LogP contribution in [0.1, 0.15) is 12.0 Å². The molecule has 0 atom stereocenters. The summed E-state index contributed by atoms with van der Waals surface area (Å²) in [5.41, 5.74) is 1.10. The molecule has 0 aliphatic rings. The summed E-state index contributed by atoms with van der Waals surface area (Å²) in [6.45, 7) is 1.01. The molecule has 1 amide bonds. The van der Waals surface area contributed by atoms with Gasteiger partial charge in [-0.3, -0.25) is 4.79 Å². The van der Waals surface area contributed by atoms with Gasteiger partial charge in [0, 0.05) is 29.6 Å². The van der Waals surface area contributed by atoms with E-state index in [2.05, 4.69) is 26.6 Å². The van der Waals surface area contributed by atoms with Crippen molar-refractivity contribution in [2.45, 2.75) is 13.0 Å². The van der Waals surface area contributed by atoms with Gasteiger partial charge in [0.1, 0.15) is 11.6 Å². The maximum absolute atomic E-state index is 11.7. The summed E-state index contributed by atoms with van der Waals surface area (Å²) < 4.78 is 0.986. The zero-order valence-electron chi connectivity index (χ0n) is 10.8. The third-order valence-corrected chi connectivity index (χ3v) is 3.16. The molecule has 1 aromatic rings. The molecule has 0 bridgehead atoms. The molecule has 0 aromatic heterocycles. The van der Waals surface area contributed by atoms with E-state index in [4.69, 9.17) is 16.9 Å². The van der Waals surface area contributed by atoms with Gasteiger partial charge in [0.25, 0.3) is 5.91 Å². The number of carbonyl (C=O) groups excluding carboxylic acids is 1. The average Bonchev–Trinajstić information content (AvgIpc) is 2.44. The molecule has 0 aliphatic carbocycles. The van der Waals surface area contributed by atoms with Gasteiger partial charge in [0.15, 0.2) is 0 Å². The van der Waals surface area contributed by atoms with Gasteiger partial charge in [-0.25, -0.2) is 0 Å². The number of amides is 1. The Kier molecular flexibility index (Phi) is 7.78. The molecule has 0 spiro atoms. The fourth-order valence-corrected chi connectivity index (χ4v) is 2.01. The molecule has 0 unspecified atom stereocenters. The Balaban J connectivity index is 2.49. The summed E-state index contributed by atoms with van der Waals surface area (Å²) in [5, 5.41) is 14.5. The zero-order valence-corrected chi connectivity index (χ0v) is 13.2. The van der Waals surface area contributed by atoms with Crippen LogP contribution in [0.2, 0.25) is 0 Å². The molecular weight excluding hydrogens is 342 g/mol. The number of nitrogens with zero attached hydrogens (tertiary/aromatic N) is 1. The van der Waals surface area contributed by atoms with E-state index in [1.54, 1.807) is 0 Å². The first kappa shape index (κ1) is 16.5. The quantitative estimate of drug-likeness (QED) is 0.342. The van der Waals surface area contributed by atoms with Crippen LogP contribution in [-0.4, -0.2) is 18.3 Å². The van der Waals surface area contributed by atoms with Gasteiger partial charge in [-0.05, 0) is 24.1 Å². The van der Waals surface area contributed by atoms with Crippen molar-refractivity contribution >= 4 is 33.4 Å². The van der Waals surface area contributed by atoms with Crippen molar-refractivity contribution in [1.29, 1.82) is 5.26 Å². The van der Waals surface area contributed by atoms with Gasteiger partial charge in [0.2, 0.25) is 0 Å². The minimum Gasteiger partial charge on any atom is -0.386 e. The van der Waals surface area contributed by atoms with E-state index < -0.39 is 0 Å². The van der Waals surface area contributed by atoms with Crippen molar-refractivity contribution in [1.82, 2.24) is 10.6 Å². The number of benzene rings is 1. The summed E-state index contributed by atoms with van der Waals surface area (Å²) in [7, 11) is 0. The second-order valence-electron chi connectivity index (χ2n) is 3.98. The standard InChI is InChI=1S/C14H15BrClN3O/c15-13-4-1-3-11(7-13)9-18-10-12(8-17)14(20)19-6-2-5-16/h1,3-4,7,10,18H,2,5-6,9H2,(H,19,20)/b12-10-. The summed E-state index contributed by atoms with van der Waals surface area (Å²) >= 11 is 8.90. The minimum absolute atomic E-state index is 0.0505. The van der Waals surface area contributed by atoms with Gasteiger partial charge in [-0.15, -0.1) is 11.6 Å². The maximum Gasteiger partial charge on any atom is 0.263 e. The molecule has 1 rings (SSSR count). The van der Waals surface area contributed by atoms with Crippen LogP contribution in [-0.2, 0) is 11.3 Å². The van der Waals surface area contributed by atoms with Crippen LogP contribution in [0.4, 0.5) is 0 Å². The minimum atomic E-state index is -0.389. The molecule has 0 heterocycles. The van der Waals surface area contributed by atoms with E-state index in [9.17, 15) is 4.79 Å². The second-order valence-corrected chi connectivity index (χ2v) is 5.27. The zero-order chi connectivity index (χ0) is 14.8. The lowest BCUT2D eigenvalue weighted by molar-refractivity contribution is -0.117. The third kappa shape index (κ3) is 6.09. The Morgan fingerprint density at radius 1 is 1.50 bits per heavy atom. The molecular formula is C14H15BrClN3O. The van der Waals surface area contributed by atoms with Crippen LogP contribution >= 0.6 is 27.5 Å². The first-order valence-corrected chi connectivity index (χ1v) is 7.42. The summed E-state index contributed by atoms with van der Waals surface area (Å²) in [4.78, 5) is 11.7. The van der Waals surface area contributed by atoms with Crippen LogP contribution in [0.5, 0.6) is 0 Å².